The molecule has 0 bridgehead atoms. The highest BCUT2D eigenvalue weighted by molar-refractivity contribution is 5.76. The van der Waals surface area contributed by atoms with Gasteiger partial charge in [0.2, 0.25) is 5.91 Å². The van der Waals surface area contributed by atoms with Crippen LogP contribution in [-0.4, -0.2) is 49.1 Å². The summed E-state index contributed by atoms with van der Waals surface area (Å²) in [5.74, 6) is 0.209. The summed E-state index contributed by atoms with van der Waals surface area (Å²) in [5.41, 5.74) is 0. The minimum absolute atomic E-state index is 0.209. The number of likely N-dealkylation sites (tertiary alicyclic amines) is 1. The molecule has 0 radical (unpaired) electrons. The largest absolute Gasteiger partial charge is 0.356 e. The molecule has 2 N–H and O–H groups in total. The van der Waals surface area contributed by atoms with Gasteiger partial charge in [0.15, 0.2) is 0 Å². The van der Waals surface area contributed by atoms with Crippen LogP contribution < -0.4 is 10.6 Å². The zero-order valence-electron chi connectivity index (χ0n) is 11.0. The molecule has 0 aliphatic carbocycles. The number of amides is 1. The van der Waals surface area contributed by atoms with Gasteiger partial charge >= 0.3 is 0 Å². The van der Waals surface area contributed by atoms with E-state index in [1.807, 2.05) is 0 Å². The van der Waals surface area contributed by atoms with E-state index in [1.54, 1.807) is 0 Å². The topological polar surface area (TPSA) is 44.4 Å². The van der Waals surface area contributed by atoms with Crippen LogP contribution in [0, 0.1) is 0 Å². The maximum absolute atomic E-state index is 11.5. The van der Waals surface area contributed by atoms with Gasteiger partial charge in [0.1, 0.15) is 0 Å². The van der Waals surface area contributed by atoms with E-state index in [0.717, 1.165) is 25.9 Å². The summed E-state index contributed by atoms with van der Waals surface area (Å²) in [6.07, 6.45) is 5.29. The van der Waals surface area contributed by atoms with Crippen molar-refractivity contribution in [1.82, 2.24) is 15.5 Å². The van der Waals surface area contributed by atoms with E-state index in [2.05, 4.69) is 29.5 Å². The predicted octanol–water partition coefficient (Wildman–Crippen LogP) is 0.727. The highest BCUT2D eigenvalue weighted by Crippen LogP contribution is 2.17. The molecule has 2 aliphatic rings. The Balaban J connectivity index is 1.81. The Kier molecular flexibility index (Phi) is 4.40. The quantitative estimate of drug-likeness (QED) is 0.746. The molecule has 4 nitrogen and oxygen atoms in total. The Morgan fingerprint density at radius 1 is 1.35 bits per heavy atom. The fraction of sp³-hybridized carbons (Fsp3) is 0.923. The molecule has 2 heterocycles. The third-order valence-electron chi connectivity index (χ3n) is 4.16. The minimum atomic E-state index is 0.209. The SMILES string of the molecule is CC1CC(NC2CCCNC(=O)C2)CCN1C. The van der Waals surface area contributed by atoms with Crippen molar-refractivity contribution in [2.45, 2.75) is 57.2 Å². The molecule has 0 aromatic carbocycles. The number of nitrogens with zero attached hydrogens (tertiary/aromatic N) is 1. The second-order valence-corrected chi connectivity index (χ2v) is 5.61. The van der Waals surface area contributed by atoms with Crippen LogP contribution in [0.1, 0.15) is 39.0 Å². The monoisotopic (exact) mass is 239 g/mol. The van der Waals surface area contributed by atoms with Crippen LogP contribution >= 0.6 is 0 Å². The van der Waals surface area contributed by atoms with Gasteiger partial charge in [0.05, 0.1) is 0 Å². The van der Waals surface area contributed by atoms with Gasteiger partial charge in [-0.15, -0.1) is 0 Å². The van der Waals surface area contributed by atoms with E-state index >= 15 is 0 Å². The number of carbonyl (C=O) groups excluding carboxylic acids is 1. The van der Waals surface area contributed by atoms with Crippen molar-refractivity contribution in [2.75, 3.05) is 20.1 Å². The van der Waals surface area contributed by atoms with Crippen LogP contribution in [0.5, 0.6) is 0 Å². The summed E-state index contributed by atoms with van der Waals surface area (Å²) in [5, 5.41) is 6.63. The van der Waals surface area contributed by atoms with Gasteiger partial charge in [-0.25, -0.2) is 0 Å². The van der Waals surface area contributed by atoms with Crippen LogP contribution in [0.2, 0.25) is 0 Å². The van der Waals surface area contributed by atoms with Gasteiger partial charge in [-0.2, -0.15) is 0 Å². The summed E-state index contributed by atoms with van der Waals surface area (Å²) in [4.78, 5) is 13.9. The molecule has 2 fully saturated rings. The summed E-state index contributed by atoms with van der Waals surface area (Å²) >= 11 is 0. The van der Waals surface area contributed by atoms with E-state index in [1.165, 1.54) is 12.8 Å². The van der Waals surface area contributed by atoms with Crippen LogP contribution in [0.3, 0.4) is 0 Å². The van der Waals surface area contributed by atoms with Gasteiger partial charge in [-0.3, -0.25) is 4.79 Å². The van der Waals surface area contributed by atoms with E-state index in [-0.39, 0.29) is 5.91 Å². The van der Waals surface area contributed by atoms with Gasteiger partial charge < -0.3 is 15.5 Å². The van der Waals surface area contributed by atoms with Crippen LogP contribution in [0.25, 0.3) is 0 Å². The van der Waals surface area contributed by atoms with Gasteiger partial charge in [0, 0.05) is 31.1 Å². The van der Waals surface area contributed by atoms with Crippen LogP contribution in [-0.2, 0) is 4.79 Å². The fourth-order valence-electron chi connectivity index (χ4n) is 2.89. The smallest absolute Gasteiger partial charge is 0.221 e. The summed E-state index contributed by atoms with van der Waals surface area (Å²) in [6, 6.07) is 1.64. The minimum Gasteiger partial charge on any atom is -0.356 e. The summed E-state index contributed by atoms with van der Waals surface area (Å²) in [6.45, 7) is 4.30. The first-order valence-corrected chi connectivity index (χ1v) is 6.88. The molecule has 0 spiro atoms. The number of hydrogen-bond donors (Lipinski definition) is 2. The predicted molar refractivity (Wildman–Crippen MR) is 68.9 cm³/mol. The lowest BCUT2D eigenvalue weighted by Gasteiger charge is -2.37. The summed E-state index contributed by atoms with van der Waals surface area (Å²) < 4.78 is 0. The van der Waals surface area contributed by atoms with Crippen molar-refractivity contribution in [3.05, 3.63) is 0 Å². The highest BCUT2D eigenvalue weighted by atomic mass is 16.1. The standard InChI is InChI=1S/C13H25N3O/c1-10-8-12(5-7-16(10)2)15-11-4-3-6-14-13(17)9-11/h10-12,15H,3-9H2,1-2H3,(H,14,17). The van der Waals surface area contributed by atoms with Gasteiger partial charge in [-0.05, 0) is 46.2 Å². The second-order valence-electron chi connectivity index (χ2n) is 5.61. The van der Waals surface area contributed by atoms with E-state index in [4.69, 9.17) is 0 Å². The lowest BCUT2D eigenvalue weighted by Crippen LogP contribution is -2.49. The van der Waals surface area contributed by atoms with Crippen molar-refractivity contribution in [1.29, 1.82) is 0 Å². The van der Waals surface area contributed by atoms with Gasteiger partial charge in [0.25, 0.3) is 0 Å². The van der Waals surface area contributed by atoms with Crippen molar-refractivity contribution in [3.8, 4) is 0 Å². The molecule has 2 aliphatic heterocycles. The number of carbonyl (C=O) groups is 1. The first-order valence-electron chi connectivity index (χ1n) is 6.88. The molecule has 3 atom stereocenters. The molecule has 2 saturated heterocycles. The number of rotatable bonds is 2. The molecular formula is C13H25N3O. The Bertz CT molecular complexity index is 269. The maximum Gasteiger partial charge on any atom is 0.221 e. The van der Waals surface area contributed by atoms with E-state index < -0.39 is 0 Å². The third-order valence-corrected chi connectivity index (χ3v) is 4.16. The molecule has 3 unspecified atom stereocenters. The molecule has 0 aromatic rings. The highest BCUT2D eigenvalue weighted by Gasteiger charge is 2.26. The number of hydrogen-bond acceptors (Lipinski definition) is 3. The lowest BCUT2D eigenvalue weighted by molar-refractivity contribution is -0.121. The lowest BCUT2D eigenvalue weighted by atomic mass is 9.97. The molecule has 0 aromatic heterocycles. The first-order chi connectivity index (χ1) is 8.15. The first kappa shape index (κ1) is 12.8. The Morgan fingerprint density at radius 3 is 2.94 bits per heavy atom. The Morgan fingerprint density at radius 2 is 2.18 bits per heavy atom. The average Bonchev–Trinajstić information content (AvgIpc) is 2.48. The van der Waals surface area contributed by atoms with E-state index in [9.17, 15) is 4.79 Å². The molecule has 0 saturated carbocycles. The Hall–Kier alpha value is -0.610. The molecule has 17 heavy (non-hydrogen) atoms. The van der Waals surface area contributed by atoms with Crippen LogP contribution in [0.4, 0.5) is 0 Å². The molecule has 1 amide bonds. The zero-order valence-corrected chi connectivity index (χ0v) is 11.0. The zero-order chi connectivity index (χ0) is 12.3. The van der Waals surface area contributed by atoms with Crippen LogP contribution in [0.15, 0.2) is 0 Å². The number of nitrogens with one attached hydrogen (secondary N) is 2. The maximum atomic E-state index is 11.5. The fourth-order valence-corrected chi connectivity index (χ4v) is 2.89. The average molecular weight is 239 g/mol. The third kappa shape index (κ3) is 3.68. The molecule has 98 valence electrons. The molecule has 4 heteroatoms. The number of piperidine rings is 1. The van der Waals surface area contributed by atoms with Crippen molar-refractivity contribution in [3.63, 3.8) is 0 Å². The summed E-state index contributed by atoms with van der Waals surface area (Å²) in [7, 11) is 2.19. The van der Waals surface area contributed by atoms with Gasteiger partial charge in [-0.1, -0.05) is 0 Å². The molecule has 2 rings (SSSR count). The van der Waals surface area contributed by atoms with Crippen molar-refractivity contribution in [2.24, 2.45) is 0 Å². The van der Waals surface area contributed by atoms with Crippen molar-refractivity contribution < 1.29 is 4.79 Å². The normalized spacial score (nSPS) is 36.4. The van der Waals surface area contributed by atoms with E-state index in [0.29, 0.717) is 24.5 Å². The van der Waals surface area contributed by atoms with Crippen molar-refractivity contribution >= 4 is 5.91 Å². The molecular weight excluding hydrogens is 214 g/mol. The Labute approximate surface area is 104 Å². The second kappa shape index (κ2) is 5.83.